The summed E-state index contributed by atoms with van der Waals surface area (Å²) in [5, 5.41) is 4.63. The highest BCUT2D eigenvalue weighted by atomic mass is 16.5. The van der Waals surface area contributed by atoms with Crippen molar-refractivity contribution < 1.29 is 4.74 Å². The van der Waals surface area contributed by atoms with E-state index < -0.39 is 0 Å². The summed E-state index contributed by atoms with van der Waals surface area (Å²) in [6, 6.07) is 12.8. The fourth-order valence-corrected chi connectivity index (χ4v) is 4.87. The van der Waals surface area contributed by atoms with Crippen LogP contribution in [0.1, 0.15) is 50.1 Å². The highest BCUT2D eigenvalue weighted by Gasteiger charge is 2.24. The van der Waals surface area contributed by atoms with Gasteiger partial charge in [0.2, 0.25) is 0 Å². The summed E-state index contributed by atoms with van der Waals surface area (Å²) in [5.41, 5.74) is 6.85. The molecule has 0 N–H and O–H groups in total. The number of pyridine rings is 1. The van der Waals surface area contributed by atoms with Crippen molar-refractivity contribution in [3.63, 3.8) is 0 Å². The monoisotopic (exact) mass is 427 g/mol. The number of rotatable bonds is 5. The van der Waals surface area contributed by atoms with Gasteiger partial charge in [-0.1, -0.05) is 49.8 Å². The van der Waals surface area contributed by atoms with Crippen LogP contribution in [-0.4, -0.2) is 14.8 Å². The van der Waals surface area contributed by atoms with Gasteiger partial charge in [-0.3, -0.25) is 9.67 Å². The SMILES string of the molecule is CC1=C/C(C)C(c2ccc(OCc3nn(C)cc3-c3ccnc(C)c3)cc2)C(C)C\C=C\1. The zero-order valence-electron chi connectivity index (χ0n) is 19.7. The van der Waals surface area contributed by atoms with Crippen LogP contribution >= 0.6 is 0 Å². The quantitative estimate of drug-likeness (QED) is 0.459. The molecule has 3 atom stereocenters. The van der Waals surface area contributed by atoms with Crippen molar-refractivity contribution in [2.75, 3.05) is 0 Å². The van der Waals surface area contributed by atoms with E-state index >= 15 is 0 Å². The van der Waals surface area contributed by atoms with E-state index in [9.17, 15) is 0 Å². The van der Waals surface area contributed by atoms with E-state index in [2.05, 4.69) is 79.4 Å². The third-order valence-electron chi connectivity index (χ3n) is 6.35. The molecule has 166 valence electrons. The molecule has 0 saturated heterocycles. The van der Waals surface area contributed by atoms with Crippen molar-refractivity contribution in [2.45, 2.75) is 46.6 Å². The van der Waals surface area contributed by atoms with Crippen LogP contribution in [0.2, 0.25) is 0 Å². The minimum absolute atomic E-state index is 0.430. The molecule has 1 aromatic carbocycles. The van der Waals surface area contributed by atoms with Gasteiger partial charge in [0.1, 0.15) is 18.1 Å². The molecule has 4 nitrogen and oxygen atoms in total. The fraction of sp³-hybridized carbons (Fsp3) is 0.357. The summed E-state index contributed by atoms with van der Waals surface area (Å²) in [6.45, 7) is 9.31. The number of allylic oxidation sites excluding steroid dienone is 4. The molecule has 1 aliphatic carbocycles. The highest BCUT2D eigenvalue weighted by Crippen LogP contribution is 2.37. The van der Waals surface area contributed by atoms with Crippen molar-refractivity contribution in [3.05, 3.63) is 89.5 Å². The number of nitrogens with zero attached hydrogens (tertiary/aromatic N) is 3. The second-order valence-electron chi connectivity index (χ2n) is 9.12. The van der Waals surface area contributed by atoms with Crippen LogP contribution in [0.5, 0.6) is 5.75 Å². The van der Waals surface area contributed by atoms with E-state index in [4.69, 9.17) is 4.74 Å². The van der Waals surface area contributed by atoms with Gasteiger partial charge in [0.25, 0.3) is 0 Å². The van der Waals surface area contributed by atoms with Crippen molar-refractivity contribution >= 4 is 0 Å². The molecular formula is C28H33N3O. The van der Waals surface area contributed by atoms with Gasteiger partial charge in [-0.15, -0.1) is 0 Å². The molecule has 4 heteroatoms. The first-order chi connectivity index (χ1) is 15.4. The van der Waals surface area contributed by atoms with E-state index in [1.807, 2.05) is 37.1 Å². The largest absolute Gasteiger partial charge is 0.487 e. The Kier molecular flexibility index (Phi) is 6.59. The van der Waals surface area contributed by atoms with Gasteiger partial charge in [-0.25, -0.2) is 0 Å². The van der Waals surface area contributed by atoms with Crippen molar-refractivity contribution in [2.24, 2.45) is 18.9 Å². The van der Waals surface area contributed by atoms with E-state index in [1.165, 1.54) is 11.1 Å². The molecule has 0 amide bonds. The van der Waals surface area contributed by atoms with Crippen molar-refractivity contribution in [3.8, 4) is 16.9 Å². The molecule has 4 rings (SSSR count). The van der Waals surface area contributed by atoms with Crippen molar-refractivity contribution in [1.29, 1.82) is 0 Å². The van der Waals surface area contributed by atoms with Gasteiger partial charge < -0.3 is 4.74 Å². The van der Waals surface area contributed by atoms with E-state index in [-0.39, 0.29) is 0 Å². The summed E-state index contributed by atoms with van der Waals surface area (Å²) in [7, 11) is 1.94. The lowest BCUT2D eigenvalue weighted by Crippen LogP contribution is -2.17. The second-order valence-corrected chi connectivity index (χ2v) is 9.12. The summed E-state index contributed by atoms with van der Waals surface area (Å²) in [6.07, 6.45) is 11.9. The van der Waals surface area contributed by atoms with Crippen LogP contribution in [0, 0.1) is 18.8 Å². The third-order valence-corrected chi connectivity index (χ3v) is 6.35. The first-order valence-electron chi connectivity index (χ1n) is 11.4. The Balaban J connectivity index is 1.49. The number of hydrogen-bond acceptors (Lipinski definition) is 3. The molecule has 32 heavy (non-hydrogen) atoms. The molecule has 2 aromatic heterocycles. The van der Waals surface area contributed by atoms with Gasteiger partial charge in [0.15, 0.2) is 0 Å². The zero-order valence-corrected chi connectivity index (χ0v) is 19.7. The Morgan fingerprint density at radius 2 is 1.88 bits per heavy atom. The molecule has 0 saturated carbocycles. The van der Waals surface area contributed by atoms with Crippen LogP contribution in [0.3, 0.4) is 0 Å². The normalized spacial score (nSPS) is 23.7. The van der Waals surface area contributed by atoms with Gasteiger partial charge in [0.05, 0.1) is 0 Å². The highest BCUT2D eigenvalue weighted by molar-refractivity contribution is 5.65. The molecule has 0 bridgehead atoms. The summed E-state index contributed by atoms with van der Waals surface area (Å²) < 4.78 is 7.98. The smallest absolute Gasteiger partial charge is 0.133 e. The van der Waals surface area contributed by atoms with Gasteiger partial charge in [-0.2, -0.15) is 5.10 Å². The average Bonchev–Trinajstić information content (AvgIpc) is 3.13. The van der Waals surface area contributed by atoms with Crippen LogP contribution in [-0.2, 0) is 13.7 Å². The number of aromatic nitrogens is 3. The Hall–Kier alpha value is -3.14. The summed E-state index contributed by atoms with van der Waals surface area (Å²) >= 11 is 0. The molecular weight excluding hydrogens is 394 g/mol. The Morgan fingerprint density at radius 1 is 1.09 bits per heavy atom. The topological polar surface area (TPSA) is 39.9 Å². The molecule has 0 aliphatic heterocycles. The first-order valence-corrected chi connectivity index (χ1v) is 11.4. The fourth-order valence-electron chi connectivity index (χ4n) is 4.87. The lowest BCUT2D eigenvalue weighted by molar-refractivity contribution is 0.300. The molecule has 2 heterocycles. The minimum Gasteiger partial charge on any atom is -0.487 e. The van der Waals surface area contributed by atoms with E-state index in [0.29, 0.717) is 24.4 Å². The van der Waals surface area contributed by atoms with Gasteiger partial charge >= 0.3 is 0 Å². The van der Waals surface area contributed by atoms with Crippen LogP contribution < -0.4 is 4.74 Å². The molecule has 0 spiro atoms. The minimum atomic E-state index is 0.430. The van der Waals surface area contributed by atoms with E-state index in [1.54, 1.807) is 0 Å². The lowest BCUT2D eigenvalue weighted by atomic mass is 9.75. The lowest BCUT2D eigenvalue weighted by Gasteiger charge is -2.29. The maximum Gasteiger partial charge on any atom is 0.133 e. The van der Waals surface area contributed by atoms with Crippen LogP contribution in [0.4, 0.5) is 0 Å². The zero-order chi connectivity index (χ0) is 22.7. The van der Waals surface area contributed by atoms with Crippen molar-refractivity contribution in [1.82, 2.24) is 14.8 Å². The Bertz CT molecular complexity index is 1120. The number of benzene rings is 1. The maximum absolute atomic E-state index is 6.14. The standard InChI is InChI=1S/C28H33N3O/c1-19-7-6-8-20(2)28(21(3)15-19)23-9-11-25(12-10-23)32-18-27-26(17-31(5)30-27)24-13-14-29-22(4)16-24/h6-7,9-17,20-21,28H,8,18H2,1-5H3/b7-6+,19-15-. The van der Waals surface area contributed by atoms with Gasteiger partial charge in [0, 0.05) is 30.7 Å². The number of aryl methyl sites for hydroxylation is 2. The van der Waals surface area contributed by atoms with Gasteiger partial charge in [-0.05, 0) is 73.4 Å². The van der Waals surface area contributed by atoms with E-state index in [0.717, 1.165) is 34.7 Å². The Labute approximate surface area is 191 Å². The van der Waals surface area contributed by atoms with Crippen LogP contribution in [0.25, 0.3) is 11.1 Å². The number of ether oxygens (including phenoxy) is 1. The maximum atomic E-state index is 6.14. The number of hydrogen-bond donors (Lipinski definition) is 0. The van der Waals surface area contributed by atoms with Crippen LogP contribution in [0.15, 0.2) is 72.6 Å². The third kappa shape index (κ3) is 5.01. The molecule has 0 fully saturated rings. The summed E-state index contributed by atoms with van der Waals surface area (Å²) in [4.78, 5) is 4.30. The molecule has 3 unspecified atom stereocenters. The second kappa shape index (κ2) is 9.56. The summed E-state index contributed by atoms with van der Waals surface area (Å²) in [5.74, 6) is 2.47. The predicted octanol–water partition coefficient (Wildman–Crippen LogP) is 6.63. The molecule has 3 aromatic rings. The predicted molar refractivity (Wildman–Crippen MR) is 131 cm³/mol. The molecule has 1 aliphatic rings. The molecule has 0 radical (unpaired) electrons. The average molecular weight is 428 g/mol. The first kappa shape index (κ1) is 22.1. The Morgan fingerprint density at radius 3 is 2.62 bits per heavy atom.